The van der Waals surface area contributed by atoms with Gasteiger partial charge in [0.2, 0.25) is 0 Å². The molecule has 0 radical (unpaired) electrons. The van der Waals surface area contributed by atoms with E-state index in [4.69, 9.17) is 19.7 Å². The van der Waals surface area contributed by atoms with Crippen molar-refractivity contribution in [3.05, 3.63) is 217 Å². The fraction of sp³-hybridized carbons (Fsp3) is 0.0196. The summed E-state index contributed by atoms with van der Waals surface area (Å²) in [6, 6.07) is 63.7. The number of pyridine rings is 1. The zero-order valence-electron chi connectivity index (χ0n) is 30.2. The van der Waals surface area contributed by atoms with E-state index in [-0.39, 0.29) is 0 Å². The Bertz CT molecular complexity index is 2840. The number of benzene rings is 7. The number of nitrogens with zero attached hydrogens (tertiary/aromatic N) is 4. The highest BCUT2D eigenvalue weighted by Crippen LogP contribution is 2.62. The number of rotatable bonds is 5. The summed E-state index contributed by atoms with van der Waals surface area (Å²) in [6.07, 6.45) is 3.71. The maximum atomic E-state index is 6.59. The van der Waals surface area contributed by atoms with E-state index in [0.29, 0.717) is 17.5 Å². The summed E-state index contributed by atoms with van der Waals surface area (Å²) < 4.78 is 6.59. The zero-order valence-corrected chi connectivity index (χ0v) is 30.2. The summed E-state index contributed by atoms with van der Waals surface area (Å²) in [5.74, 6) is 3.66. The highest BCUT2D eigenvalue weighted by molar-refractivity contribution is 5.92. The molecule has 0 unspecified atom stereocenters. The van der Waals surface area contributed by atoms with Crippen LogP contribution < -0.4 is 4.74 Å². The van der Waals surface area contributed by atoms with Crippen LogP contribution in [0.15, 0.2) is 194 Å². The molecule has 5 heteroatoms. The minimum atomic E-state index is -0.556. The van der Waals surface area contributed by atoms with Crippen LogP contribution in [0.4, 0.5) is 0 Å². The van der Waals surface area contributed by atoms with Crippen molar-refractivity contribution in [2.45, 2.75) is 5.41 Å². The molecule has 2 aliphatic rings. The van der Waals surface area contributed by atoms with Crippen molar-refractivity contribution in [1.29, 1.82) is 0 Å². The number of ether oxygens (including phenoxy) is 1. The van der Waals surface area contributed by atoms with Gasteiger partial charge in [-0.3, -0.25) is 4.98 Å². The maximum absolute atomic E-state index is 6.59. The van der Waals surface area contributed by atoms with E-state index >= 15 is 0 Å². The molecular weight excluding hydrogens is 685 g/mol. The van der Waals surface area contributed by atoms with Gasteiger partial charge in [-0.25, -0.2) is 15.0 Å². The molecule has 262 valence electrons. The third kappa shape index (κ3) is 5.02. The molecule has 0 bridgehead atoms. The van der Waals surface area contributed by atoms with Crippen molar-refractivity contribution in [3.8, 4) is 79.0 Å². The fourth-order valence-corrected chi connectivity index (χ4v) is 8.59. The Morgan fingerprint density at radius 1 is 0.321 bits per heavy atom. The van der Waals surface area contributed by atoms with Crippen LogP contribution in [0.1, 0.15) is 22.3 Å². The lowest BCUT2D eigenvalue weighted by Crippen LogP contribution is -2.32. The number of fused-ring (bicyclic) bond motifs is 9. The van der Waals surface area contributed by atoms with E-state index < -0.39 is 5.41 Å². The Morgan fingerprint density at radius 3 is 1.34 bits per heavy atom. The molecule has 9 aromatic rings. The molecule has 0 atom stereocenters. The third-order valence-electron chi connectivity index (χ3n) is 11.1. The van der Waals surface area contributed by atoms with E-state index in [0.717, 1.165) is 61.6 Å². The van der Waals surface area contributed by atoms with E-state index in [2.05, 4.69) is 126 Å². The summed E-state index contributed by atoms with van der Waals surface area (Å²) in [6.45, 7) is 0. The Balaban J connectivity index is 1.10. The molecule has 0 amide bonds. The van der Waals surface area contributed by atoms with Crippen LogP contribution in [0.25, 0.3) is 67.5 Å². The van der Waals surface area contributed by atoms with E-state index in [1.54, 1.807) is 0 Å². The second kappa shape index (κ2) is 12.8. The molecule has 3 heterocycles. The van der Waals surface area contributed by atoms with Crippen LogP contribution in [-0.2, 0) is 5.41 Å². The molecule has 56 heavy (non-hydrogen) atoms. The molecular formula is C51H32N4O. The number of hydrogen-bond donors (Lipinski definition) is 0. The number of hydrogen-bond acceptors (Lipinski definition) is 5. The van der Waals surface area contributed by atoms with Crippen LogP contribution in [-0.4, -0.2) is 19.9 Å². The lowest BCUT2D eigenvalue weighted by Gasteiger charge is -2.39. The Morgan fingerprint density at radius 2 is 0.768 bits per heavy atom. The van der Waals surface area contributed by atoms with Crippen molar-refractivity contribution in [2.24, 2.45) is 0 Å². The normalized spacial score (nSPS) is 12.9. The second-order valence-corrected chi connectivity index (χ2v) is 14.2. The molecule has 7 aromatic carbocycles. The van der Waals surface area contributed by atoms with E-state index in [1.165, 1.54) is 22.3 Å². The van der Waals surface area contributed by atoms with Crippen molar-refractivity contribution in [2.75, 3.05) is 0 Å². The van der Waals surface area contributed by atoms with Crippen LogP contribution in [0.3, 0.4) is 0 Å². The highest BCUT2D eigenvalue weighted by atomic mass is 16.5. The van der Waals surface area contributed by atoms with Crippen molar-refractivity contribution in [1.82, 2.24) is 19.9 Å². The zero-order chi connectivity index (χ0) is 37.1. The van der Waals surface area contributed by atoms with Crippen LogP contribution in [0, 0.1) is 0 Å². The molecule has 1 aliphatic heterocycles. The average molecular weight is 717 g/mol. The first kappa shape index (κ1) is 32.0. The molecule has 0 saturated carbocycles. The Hall–Kier alpha value is -7.50. The standard InChI is InChI=1S/C51H32N4O/c1-3-12-34(13-4-1)48-53-49(35-14-5-2-6-15-35)55-50(54-48)39-17-11-16-36(30-39)38-23-25-43-41(32-38)40-31-37(33-26-28-52-29-27-33)22-24-42(40)51(43)44-18-7-9-20-46(44)56-47-21-10-8-19-45(47)51/h1-32H. The topological polar surface area (TPSA) is 60.8 Å². The smallest absolute Gasteiger partial charge is 0.164 e. The van der Waals surface area contributed by atoms with Gasteiger partial charge < -0.3 is 4.74 Å². The van der Waals surface area contributed by atoms with E-state index in [1.807, 2.05) is 73.1 Å². The highest BCUT2D eigenvalue weighted by Gasteiger charge is 2.51. The lowest BCUT2D eigenvalue weighted by molar-refractivity contribution is 0.436. The van der Waals surface area contributed by atoms with Crippen LogP contribution >= 0.6 is 0 Å². The molecule has 1 spiro atoms. The van der Waals surface area contributed by atoms with Gasteiger partial charge in [-0.05, 0) is 87.0 Å². The molecule has 11 rings (SSSR count). The quantitative estimate of drug-likeness (QED) is 0.177. The van der Waals surface area contributed by atoms with Gasteiger partial charge in [0.1, 0.15) is 11.5 Å². The molecule has 5 nitrogen and oxygen atoms in total. The fourth-order valence-electron chi connectivity index (χ4n) is 8.59. The SMILES string of the molecule is c1ccc(-c2nc(-c3ccccc3)nc(-c3cccc(-c4ccc5c(c4)-c4cc(-c6ccncc6)ccc4C54c5ccccc5Oc5ccccc54)c3)n2)cc1. The lowest BCUT2D eigenvalue weighted by atomic mass is 9.66. The van der Waals surface area contributed by atoms with Gasteiger partial charge in [-0.15, -0.1) is 0 Å². The monoisotopic (exact) mass is 716 g/mol. The Labute approximate surface area is 324 Å². The van der Waals surface area contributed by atoms with Gasteiger partial charge in [0.15, 0.2) is 17.5 Å². The van der Waals surface area contributed by atoms with Gasteiger partial charge in [0.25, 0.3) is 0 Å². The Kier molecular flexibility index (Phi) is 7.32. The van der Waals surface area contributed by atoms with Crippen LogP contribution in [0.2, 0.25) is 0 Å². The first-order valence-corrected chi connectivity index (χ1v) is 18.8. The predicted molar refractivity (Wildman–Crippen MR) is 222 cm³/mol. The number of aromatic nitrogens is 4. The van der Waals surface area contributed by atoms with Crippen LogP contribution in [0.5, 0.6) is 11.5 Å². The largest absolute Gasteiger partial charge is 0.457 e. The second-order valence-electron chi connectivity index (χ2n) is 14.2. The van der Waals surface area contributed by atoms with Crippen molar-refractivity contribution < 1.29 is 4.74 Å². The minimum Gasteiger partial charge on any atom is -0.457 e. The first-order valence-electron chi connectivity index (χ1n) is 18.8. The van der Waals surface area contributed by atoms with Gasteiger partial charge in [-0.1, -0.05) is 140 Å². The predicted octanol–water partition coefficient (Wildman–Crippen LogP) is 12.1. The maximum Gasteiger partial charge on any atom is 0.164 e. The molecule has 0 fully saturated rings. The minimum absolute atomic E-state index is 0.556. The molecule has 1 aliphatic carbocycles. The molecule has 0 N–H and O–H groups in total. The van der Waals surface area contributed by atoms with Gasteiger partial charge >= 0.3 is 0 Å². The first-order chi connectivity index (χ1) is 27.7. The summed E-state index contributed by atoms with van der Waals surface area (Å²) in [5.41, 5.74) is 13.9. The van der Waals surface area contributed by atoms with Gasteiger partial charge in [-0.2, -0.15) is 0 Å². The molecule has 2 aromatic heterocycles. The third-order valence-corrected chi connectivity index (χ3v) is 11.1. The van der Waals surface area contributed by atoms with Crippen molar-refractivity contribution >= 4 is 0 Å². The average Bonchev–Trinajstić information content (AvgIpc) is 3.56. The van der Waals surface area contributed by atoms with Gasteiger partial charge in [0.05, 0.1) is 5.41 Å². The van der Waals surface area contributed by atoms with Crippen molar-refractivity contribution in [3.63, 3.8) is 0 Å². The summed E-state index contributed by atoms with van der Waals surface area (Å²) in [5, 5.41) is 0. The van der Waals surface area contributed by atoms with E-state index in [9.17, 15) is 0 Å². The summed E-state index contributed by atoms with van der Waals surface area (Å²) >= 11 is 0. The summed E-state index contributed by atoms with van der Waals surface area (Å²) in [7, 11) is 0. The molecule has 0 saturated heterocycles. The summed E-state index contributed by atoms with van der Waals surface area (Å²) in [4.78, 5) is 19.2. The number of para-hydroxylation sites is 2. The van der Waals surface area contributed by atoms with Gasteiger partial charge in [0, 0.05) is 40.2 Å².